The quantitative estimate of drug-likeness (QED) is 0.878. The van der Waals surface area contributed by atoms with Crippen LogP contribution < -0.4 is 4.90 Å². The predicted molar refractivity (Wildman–Crippen MR) is 76.6 cm³/mol. The van der Waals surface area contributed by atoms with E-state index in [2.05, 4.69) is 9.97 Å². The largest absolute Gasteiger partial charge is 0.389 e. The highest BCUT2D eigenvalue weighted by molar-refractivity contribution is 7.16. The number of likely N-dealkylation sites (N-methyl/N-ethyl adjacent to an activating group) is 1. The molecule has 0 fully saturated rings. The number of fused-ring (bicyclic) bond motifs is 1. The highest BCUT2D eigenvalue weighted by Crippen LogP contribution is 2.29. The molecule has 0 saturated carbocycles. The van der Waals surface area contributed by atoms with Gasteiger partial charge in [0.2, 0.25) is 5.28 Å². The minimum Gasteiger partial charge on any atom is -0.389 e. The zero-order valence-corrected chi connectivity index (χ0v) is 12.2. The van der Waals surface area contributed by atoms with Gasteiger partial charge in [-0.05, 0) is 43.8 Å². The second kappa shape index (κ2) is 4.99. The lowest BCUT2D eigenvalue weighted by Crippen LogP contribution is -2.39. The van der Waals surface area contributed by atoms with Gasteiger partial charge in [0.05, 0.1) is 11.0 Å². The van der Waals surface area contributed by atoms with Crippen molar-refractivity contribution >= 4 is 39.0 Å². The number of hydrogen-bond acceptors (Lipinski definition) is 5. The van der Waals surface area contributed by atoms with E-state index in [1.165, 1.54) is 11.3 Å². The Bertz CT molecular complexity index is 550. The molecule has 0 aromatic carbocycles. The molecule has 0 aliphatic rings. The molecule has 4 nitrogen and oxygen atoms in total. The van der Waals surface area contributed by atoms with E-state index in [0.29, 0.717) is 6.54 Å². The standard InChI is InChI=1S/C12H16ClN3OS/c1-4-16(7-12(2,3)17)9-8-5-6-18-10(8)15-11(13)14-9/h5-6,17H,4,7H2,1-3H3. The number of hydrogen-bond donors (Lipinski definition) is 1. The summed E-state index contributed by atoms with van der Waals surface area (Å²) in [6.45, 7) is 6.84. The molecule has 98 valence electrons. The maximum atomic E-state index is 9.96. The Morgan fingerprint density at radius 3 is 2.78 bits per heavy atom. The molecule has 0 aliphatic carbocycles. The van der Waals surface area contributed by atoms with E-state index >= 15 is 0 Å². The van der Waals surface area contributed by atoms with Crippen molar-refractivity contribution in [1.82, 2.24) is 9.97 Å². The first-order valence-corrected chi connectivity index (χ1v) is 7.04. The van der Waals surface area contributed by atoms with Crippen LogP contribution in [-0.2, 0) is 0 Å². The van der Waals surface area contributed by atoms with Gasteiger partial charge in [-0.15, -0.1) is 11.3 Å². The number of aliphatic hydroxyl groups is 1. The van der Waals surface area contributed by atoms with Crippen molar-refractivity contribution in [2.24, 2.45) is 0 Å². The summed E-state index contributed by atoms with van der Waals surface area (Å²) >= 11 is 7.49. The Kier molecular flexibility index (Phi) is 3.75. The van der Waals surface area contributed by atoms with Crippen molar-refractivity contribution in [2.45, 2.75) is 26.4 Å². The predicted octanol–water partition coefficient (Wildman–Crippen LogP) is 2.94. The molecule has 0 atom stereocenters. The molecule has 0 bridgehead atoms. The number of anilines is 1. The lowest BCUT2D eigenvalue weighted by molar-refractivity contribution is 0.0875. The Hall–Kier alpha value is -0.910. The monoisotopic (exact) mass is 285 g/mol. The number of aromatic nitrogens is 2. The lowest BCUT2D eigenvalue weighted by atomic mass is 10.1. The Morgan fingerprint density at radius 1 is 1.44 bits per heavy atom. The molecule has 2 heterocycles. The zero-order valence-electron chi connectivity index (χ0n) is 10.6. The fourth-order valence-corrected chi connectivity index (χ4v) is 2.83. The fraction of sp³-hybridized carbons (Fsp3) is 0.500. The molecular formula is C12H16ClN3OS. The average Bonchev–Trinajstić information content (AvgIpc) is 2.71. The first-order valence-electron chi connectivity index (χ1n) is 5.79. The zero-order chi connectivity index (χ0) is 13.3. The first kappa shape index (κ1) is 13.5. The van der Waals surface area contributed by atoms with E-state index in [9.17, 15) is 5.11 Å². The van der Waals surface area contributed by atoms with Crippen LogP contribution in [0.25, 0.3) is 10.2 Å². The topological polar surface area (TPSA) is 49.2 Å². The molecule has 0 unspecified atom stereocenters. The number of rotatable bonds is 4. The molecule has 0 spiro atoms. The van der Waals surface area contributed by atoms with Gasteiger partial charge in [-0.2, -0.15) is 4.98 Å². The summed E-state index contributed by atoms with van der Waals surface area (Å²) in [5.74, 6) is 0.788. The highest BCUT2D eigenvalue weighted by Gasteiger charge is 2.21. The van der Waals surface area contributed by atoms with Gasteiger partial charge in [0.1, 0.15) is 10.6 Å². The third-order valence-corrected chi connectivity index (χ3v) is 3.51. The first-order chi connectivity index (χ1) is 8.40. The van der Waals surface area contributed by atoms with Gasteiger partial charge in [-0.25, -0.2) is 4.98 Å². The minimum absolute atomic E-state index is 0.245. The number of halogens is 1. The van der Waals surface area contributed by atoms with Crippen LogP contribution in [0.1, 0.15) is 20.8 Å². The van der Waals surface area contributed by atoms with Gasteiger partial charge in [0, 0.05) is 13.1 Å². The van der Waals surface area contributed by atoms with Crippen LogP contribution in [0.5, 0.6) is 0 Å². The maximum absolute atomic E-state index is 9.96. The molecule has 2 aromatic rings. The summed E-state index contributed by atoms with van der Waals surface area (Å²) in [7, 11) is 0. The van der Waals surface area contributed by atoms with Crippen LogP contribution in [0.2, 0.25) is 5.28 Å². The third-order valence-electron chi connectivity index (χ3n) is 2.54. The average molecular weight is 286 g/mol. The van der Waals surface area contributed by atoms with Crippen molar-refractivity contribution < 1.29 is 5.11 Å². The maximum Gasteiger partial charge on any atom is 0.225 e. The number of nitrogens with zero attached hydrogens (tertiary/aromatic N) is 3. The third kappa shape index (κ3) is 2.91. The van der Waals surface area contributed by atoms with Gasteiger partial charge in [0.25, 0.3) is 0 Å². The van der Waals surface area contributed by atoms with Crippen molar-refractivity contribution in [3.05, 3.63) is 16.7 Å². The van der Waals surface area contributed by atoms with Crippen LogP contribution in [0.15, 0.2) is 11.4 Å². The molecule has 2 rings (SSSR count). The Balaban J connectivity index is 2.47. The fourth-order valence-electron chi connectivity index (χ4n) is 1.86. The van der Waals surface area contributed by atoms with Gasteiger partial charge in [-0.3, -0.25) is 0 Å². The summed E-state index contributed by atoms with van der Waals surface area (Å²) in [6.07, 6.45) is 0. The normalized spacial score (nSPS) is 12.1. The van der Waals surface area contributed by atoms with Gasteiger partial charge >= 0.3 is 0 Å². The van der Waals surface area contributed by atoms with Crippen LogP contribution in [0, 0.1) is 0 Å². The Labute approximate surface area is 115 Å². The molecule has 6 heteroatoms. The molecular weight excluding hydrogens is 270 g/mol. The Morgan fingerprint density at radius 2 is 2.17 bits per heavy atom. The van der Waals surface area contributed by atoms with Gasteiger partial charge < -0.3 is 10.0 Å². The number of thiophene rings is 1. The second-order valence-electron chi connectivity index (χ2n) is 4.78. The van der Waals surface area contributed by atoms with Crippen LogP contribution in [0.3, 0.4) is 0 Å². The van der Waals surface area contributed by atoms with E-state index in [4.69, 9.17) is 11.6 Å². The van der Waals surface area contributed by atoms with Crippen molar-refractivity contribution in [3.63, 3.8) is 0 Å². The summed E-state index contributed by atoms with van der Waals surface area (Å²) in [5.41, 5.74) is -0.782. The summed E-state index contributed by atoms with van der Waals surface area (Å²) in [6, 6.07) is 1.98. The van der Waals surface area contributed by atoms with E-state index in [-0.39, 0.29) is 5.28 Å². The van der Waals surface area contributed by atoms with Crippen LogP contribution >= 0.6 is 22.9 Å². The van der Waals surface area contributed by atoms with E-state index in [1.807, 2.05) is 23.3 Å². The molecule has 0 aliphatic heterocycles. The SMILES string of the molecule is CCN(CC(C)(C)O)c1nc(Cl)nc2sccc12. The smallest absolute Gasteiger partial charge is 0.225 e. The van der Waals surface area contributed by atoms with Gasteiger partial charge in [0.15, 0.2) is 0 Å². The van der Waals surface area contributed by atoms with E-state index < -0.39 is 5.60 Å². The molecule has 2 aromatic heterocycles. The summed E-state index contributed by atoms with van der Waals surface area (Å²) < 4.78 is 0. The van der Waals surface area contributed by atoms with Crippen LogP contribution in [0.4, 0.5) is 5.82 Å². The highest BCUT2D eigenvalue weighted by atomic mass is 35.5. The van der Waals surface area contributed by atoms with Crippen LogP contribution in [-0.4, -0.2) is 33.8 Å². The molecule has 0 amide bonds. The lowest BCUT2D eigenvalue weighted by Gasteiger charge is -2.29. The van der Waals surface area contributed by atoms with Crippen molar-refractivity contribution in [2.75, 3.05) is 18.0 Å². The molecule has 18 heavy (non-hydrogen) atoms. The molecule has 1 N–H and O–H groups in total. The summed E-state index contributed by atoms with van der Waals surface area (Å²) in [5, 5.41) is 13.2. The summed E-state index contributed by atoms with van der Waals surface area (Å²) in [4.78, 5) is 11.4. The van der Waals surface area contributed by atoms with E-state index in [0.717, 1.165) is 22.6 Å². The van der Waals surface area contributed by atoms with Crippen molar-refractivity contribution in [3.8, 4) is 0 Å². The van der Waals surface area contributed by atoms with Gasteiger partial charge in [-0.1, -0.05) is 0 Å². The molecule has 0 saturated heterocycles. The second-order valence-corrected chi connectivity index (χ2v) is 6.01. The van der Waals surface area contributed by atoms with E-state index in [1.54, 1.807) is 13.8 Å². The van der Waals surface area contributed by atoms with Crippen molar-refractivity contribution in [1.29, 1.82) is 0 Å². The minimum atomic E-state index is -0.782. The molecule has 0 radical (unpaired) electrons.